The van der Waals surface area contributed by atoms with Crippen molar-refractivity contribution in [3.63, 3.8) is 0 Å². The van der Waals surface area contributed by atoms with E-state index in [1.165, 1.54) is 13.8 Å². The summed E-state index contributed by atoms with van der Waals surface area (Å²) in [6.45, 7) is 7.01. The fourth-order valence-corrected chi connectivity index (χ4v) is 8.48. The molecule has 6 heteroatoms. The summed E-state index contributed by atoms with van der Waals surface area (Å²) >= 11 is 6.76. The Hall–Kier alpha value is -1.46. The van der Waals surface area contributed by atoms with Crippen LogP contribution in [0.4, 0.5) is 0 Å². The smallest absolute Gasteiger partial charge is 0.303 e. The number of aliphatic hydroxyl groups excluding tert-OH is 1. The molecule has 3 fully saturated rings. The number of esters is 1. The first-order chi connectivity index (χ1) is 14.0. The van der Waals surface area contributed by atoms with Crippen LogP contribution in [0.3, 0.4) is 0 Å². The van der Waals surface area contributed by atoms with E-state index in [1.54, 1.807) is 6.08 Å². The number of ether oxygens (including phenoxy) is 1. The van der Waals surface area contributed by atoms with Crippen LogP contribution in [0.5, 0.6) is 0 Å². The van der Waals surface area contributed by atoms with Gasteiger partial charge in [-0.1, -0.05) is 31.5 Å². The average Bonchev–Trinajstić information content (AvgIpc) is 3.41. The van der Waals surface area contributed by atoms with Crippen molar-refractivity contribution in [2.75, 3.05) is 0 Å². The molecule has 162 valence electrons. The predicted octanol–water partition coefficient (Wildman–Crippen LogP) is 3.58. The van der Waals surface area contributed by atoms with Crippen LogP contribution < -0.4 is 0 Å². The van der Waals surface area contributed by atoms with Crippen LogP contribution in [-0.2, 0) is 19.1 Å². The van der Waals surface area contributed by atoms with Gasteiger partial charge >= 0.3 is 5.97 Å². The highest BCUT2D eigenvalue weighted by molar-refractivity contribution is 6.32. The van der Waals surface area contributed by atoms with E-state index in [1.807, 2.05) is 13.0 Å². The van der Waals surface area contributed by atoms with Crippen LogP contribution in [0.15, 0.2) is 22.8 Å². The number of carbonyl (C=O) groups is 3. The Morgan fingerprint density at radius 2 is 1.93 bits per heavy atom. The molecule has 0 radical (unpaired) electrons. The van der Waals surface area contributed by atoms with Gasteiger partial charge in [0, 0.05) is 41.0 Å². The Labute approximate surface area is 181 Å². The molecule has 5 nitrogen and oxygen atoms in total. The molecular weight excluding hydrogens is 404 g/mol. The zero-order valence-electron chi connectivity index (χ0n) is 17.9. The summed E-state index contributed by atoms with van der Waals surface area (Å²) in [6.07, 6.45) is 5.54. The number of aliphatic hydroxyl groups is 1. The summed E-state index contributed by atoms with van der Waals surface area (Å²) in [7, 11) is 0. The second kappa shape index (κ2) is 6.07. The van der Waals surface area contributed by atoms with E-state index in [-0.39, 0.29) is 47.1 Å². The number of rotatable bonds is 2. The number of Topliss-reactive ketones (excluding diaryl/α,β-unsaturated/α-hetero) is 1. The molecule has 5 aliphatic carbocycles. The minimum atomic E-state index is -1.31. The maximum Gasteiger partial charge on any atom is 0.303 e. The van der Waals surface area contributed by atoms with Gasteiger partial charge in [-0.25, -0.2) is 0 Å². The zero-order chi connectivity index (χ0) is 21.8. The number of hydrogen-bond donors (Lipinski definition) is 1. The number of hydrogen-bond acceptors (Lipinski definition) is 5. The van der Waals surface area contributed by atoms with Crippen molar-refractivity contribution >= 4 is 29.1 Å². The highest BCUT2D eigenvalue weighted by Gasteiger charge is 2.72. The lowest BCUT2D eigenvalue weighted by molar-refractivity contribution is -0.185. The lowest BCUT2D eigenvalue weighted by Crippen LogP contribution is -2.58. The van der Waals surface area contributed by atoms with Crippen molar-refractivity contribution in [2.45, 2.75) is 65.1 Å². The maximum absolute atomic E-state index is 12.8. The van der Waals surface area contributed by atoms with Crippen molar-refractivity contribution in [1.82, 2.24) is 0 Å². The van der Waals surface area contributed by atoms with E-state index >= 15 is 0 Å². The molecule has 1 N–H and O–H groups in total. The highest BCUT2D eigenvalue weighted by Crippen LogP contribution is 2.72. The fourth-order valence-electron chi connectivity index (χ4n) is 8.07. The first-order valence-corrected chi connectivity index (χ1v) is 11.4. The van der Waals surface area contributed by atoms with Crippen LogP contribution in [0.25, 0.3) is 0 Å². The number of halogens is 1. The van der Waals surface area contributed by atoms with Gasteiger partial charge in [0.2, 0.25) is 0 Å². The molecule has 0 aromatic rings. The summed E-state index contributed by atoms with van der Waals surface area (Å²) < 4.78 is 5.73. The quantitative estimate of drug-likeness (QED) is 0.674. The molecule has 0 amide bonds. The van der Waals surface area contributed by atoms with E-state index in [0.717, 1.165) is 18.4 Å². The zero-order valence-corrected chi connectivity index (χ0v) is 18.7. The fraction of sp³-hybridized carbons (Fsp3) is 0.708. The Kier molecular flexibility index (Phi) is 4.14. The van der Waals surface area contributed by atoms with Gasteiger partial charge < -0.3 is 9.84 Å². The molecule has 0 bridgehead atoms. The van der Waals surface area contributed by atoms with E-state index in [2.05, 4.69) is 6.92 Å². The Morgan fingerprint density at radius 1 is 1.23 bits per heavy atom. The predicted molar refractivity (Wildman–Crippen MR) is 110 cm³/mol. The maximum atomic E-state index is 12.8. The number of ketones is 2. The molecule has 0 spiro atoms. The second-order valence-corrected chi connectivity index (χ2v) is 11.0. The van der Waals surface area contributed by atoms with Gasteiger partial charge in [0.25, 0.3) is 0 Å². The van der Waals surface area contributed by atoms with Crippen LogP contribution in [0.2, 0.25) is 0 Å². The summed E-state index contributed by atoms with van der Waals surface area (Å²) in [5.74, 6) is -0.145. The average molecular weight is 433 g/mol. The molecule has 0 aromatic heterocycles. The lowest BCUT2D eigenvalue weighted by Gasteiger charge is -2.58. The van der Waals surface area contributed by atoms with Gasteiger partial charge in [0.15, 0.2) is 17.2 Å². The molecule has 5 rings (SSSR count). The molecular formula is C24H29ClO5. The van der Waals surface area contributed by atoms with Crippen LogP contribution in [-0.4, -0.2) is 34.3 Å². The first kappa shape index (κ1) is 20.4. The van der Waals surface area contributed by atoms with Crippen molar-refractivity contribution in [3.8, 4) is 0 Å². The van der Waals surface area contributed by atoms with E-state index in [9.17, 15) is 19.5 Å². The largest absolute Gasteiger partial charge is 0.451 e. The van der Waals surface area contributed by atoms with Gasteiger partial charge in [-0.3, -0.25) is 14.4 Å². The molecule has 0 unspecified atom stereocenters. The molecule has 9 atom stereocenters. The first-order valence-electron chi connectivity index (χ1n) is 11.0. The minimum Gasteiger partial charge on any atom is -0.451 e. The Morgan fingerprint density at radius 3 is 2.57 bits per heavy atom. The van der Waals surface area contributed by atoms with Gasteiger partial charge in [-0.05, 0) is 55.6 Å². The van der Waals surface area contributed by atoms with Crippen molar-refractivity contribution in [1.29, 1.82) is 0 Å². The van der Waals surface area contributed by atoms with E-state index in [0.29, 0.717) is 17.4 Å². The summed E-state index contributed by atoms with van der Waals surface area (Å²) in [5.41, 5.74) is -1.22. The van der Waals surface area contributed by atoms with Crippen LogP contribution in [0.1, 0.15) is 53.4 Å². The highest BCUT2D eigenvalue weighted by atomic mass is 35.5. The number of allylic oxidation sites excluding steroid dienone is 4. The molecule has 0 heterocycles. The third-order valence-corrected chi connectivity index (χ3v) is 9.80. The van der Waals surface area contributed by atoms with Gasteiger partial charge in [0.1, 0.15) is 0 Å². The second-order valence-electron chi connectivity index (χ2n) is 10.6. The van der Waals surface area contributed by atoms with Crippen molar-refractivity contribution in [2.24, 2.45) is 40.4 Å². The van der Waals surface area contributed by atoms with Crippen LogP contribution in [0, 0.1) is 40.4 Å². The molecule has 0 aromatic carbocycles. The lowest BCUT2D eigenvalue weighted by atomic mass is 9.47. The standard InChI is InChI=1S/C24H29ClO5/c1-11(26)24(30-12(2)27)10-20(29)21-14-8-18(25)17-9-19(28)13-7-16(13)23(17,4)15(14)5-6-22(21,24)3/h8-9,13-16,20-21,29H,5-7,10H2,1-4H3/t13-,14+,15+,16+,20+,21-,22-,23-,24+/m0/s1. The third kappa shape index (κ3) is 2.26. The SMILES string of the molecule is CC(=O)O[C@@]1(C(C)=O)C[C@@H](O)[C@@H]2[C@@H]3C=C(Cl)C4=CC(=O)[C@H]5C[C@H]5[C@]4(C)[C@@H]3CC[C@@]21C. The van der Waals surface area contributed by atoms with E-state index < -0.39 is 23.1 Å². The normalized spacial score (nSPS) is 50.9. The minimum absolute atomic E-state index is 0.0281. The van der Waals surface area contributed by atoms with Crippen molar-refractivity contribution < 1.29 is 24.2 Å². The summed E-state index contributed by atoms with van der Waals surface area (Å²) in [5, 5.41) is 11.8. The number of carbonyl (C=O) groups excluding carboxylic acids is 3. The van der Waals surface area contributed by atoms with Crippen LogP contribution >= 0.6 is 11.6 Å². The Bertz CT molecular complexity index is 936. The Balaban J connectivity index is 1.63. The monoisotopic (exact) mass is 432 g/mol. The molecule has 30 heavy (non-hydrogen) atoms. The molecule has 0 aliphatic heterocycles. The van der Waals surface area contributed by atoms with Gasteiger partial charge in [-0.2, -0.15) is 0 Å². The molecule has 3 saturated carbocycles. The van der Waals surface area contributed by atoms with Crippen molar-refractivity contribution in [3.05, 3.63) is 22.8 Å². The van der Waals surface area contributed by atoms with Gasteiger partial charge in [-0.15, -0.1) is 0 Å². The molecule has 5 aliphatic rings. The summed E-state index contributed by atoms with van der Waals surface area (Å²) in [6, 6.07) is 0. The summed E-state index contributed by atoms with van der Waals surface area (Å²) in [4.78, 5) is 37.2. The number of fused-ring (bicyclic) bond motifs is 7. The van der Waals surface area contributed by atoms with E-state index in [4.69, 9.17) is 16.3 Å². The third-order valence-electron chi connectivity index (χ3n) is 9.47. The van der Waals surface area contributed by atoms with Gasteiger partial charge in [0.05, 0.1) is 6.10 Å². The topological polar surface area (TPSA) is 80.7 Å². The molecule has 0 saturated heterocycles.